The van der Waals surface area contributed by atoms with E-state index >= 15 is 0 Å². The van der Waals surface area contributed by atoms with E-state index in [0.29, 0.717) is 6.61 Å². The van der Waals surface area contributed by atoms with E-state index in [4.69, 9.17) is 14.2 Å². The van der Waals surface area contributed by atoms with Crippen LogP contribution in [0.2, 0.25) is 0 Å². The molecule has 12 heavy (non-hydrogen) atoms. The third-order valence-corrected chi connectivity index (χ3v) is 1.92. The predicted octanol–water partition coefficient (Wildman–Crippen LogP) is 1.56. The Morgan fingerprint density at radius 2 is 2.33 bits per heavy atom. The minimum Gasteiger partial charge on any atom is -0.382 e. The van der Waals surface area contributed by atoms with Gasteiger partial charge in [-0.2, -0.15) is 0 Å². The van der Waals surface area contributed by atoms with Crippen LogP contribution in [0.4, 0.5) is 0 Å². The summed E-state index contributed by atoms with van der Waals surface area (Å²) in [5.74, 6) is 0. The summed E-state index contributed by atoms with van der Waals surface area (Å²) in [6.07, 6.45) is 3.54. The van der Waals surface area contributed by atoms with Crippen molar-refractivity contribution in [2.24, 2.45) is 0 Å². The minimum absolute atomic E-state index is 0.00361. The van der Waals surface area contributed by atoms with Crippen LogP contribution in [0.5, 0.6) is 0 Å². The van der Waals surface area contributed by atoms with E-state index in [1.54, 1.807) is 7.11 Å². The van der Waals surface area contributed by atoms with Crippen molar-refractivity contribution in [3.8, 4) is 0 Å². The summed E-state index contributed by atoms with van der Waals surface area (Å²) >= 11 is 0. The Morgan fingerprint density at radius 1 is 1.50 bits per heavy atom. The van der Waals surface area contributed by atoms with Crippen LogP contribution >= 0.6 is 0 Å². The summed E-state index contributed by atoms with van der Waals surface area (Å²) in [6, 6.07) is 0. The highest BCUT2D eigenvalue weighted by atomic mass is 16.7. The van der Waals surface area contributed by atoms with Crippen molar-refractivity contribution in [1.82, 2.24) is 0 Å². The van der Waals surface area contributed by atoms with Gasteiger partial charge in [-0.05, 0) is 26.2 Å². The van der Waals surface area contributed by atoms with Crippen LogP contribution in [-0.2, 0) is 14.2 Å². The molecule has 1 saturated heterocycles. The van der Waals surface area contributed by atoms with Crippen molar-refractivity contribution in [2.45, 2.75) is 38.6 Å². The summed E-state index contributed by atoms with van der Waals surface area (Å²) in [4.78, 5) is 0. The lowest BCUT2D eigenvalue weighted by Gasteiger charge is -2.25. The molecule has 72 valence electrons. The lowest BCUT2D eigenvalue weighted by atomic mass is 10.2. The van der Waals surface area contributed by atoms with Gasteiger partial charge in [-0.3, -0.25) is 0 Å². The Morgan fingerprint density at radius 3 is 2.92 bits per heavy atom. The monoisotopic (exact) mass is 174 g/mol. The molecule has 0 spiro atoms. The standard InChI is InChI=1S/C9H18O3/c1-8(7-10-2)12-9-5-3-4-6-11-9/h8-9H,3-7H2,1-2H3. The smallest absolute Gasteiger partial charge is 0.158 e. The molecule has 0 aromatic rings. The SMILES string of the molecule is COCC(C)OC1CCCCO1. The fraction of sp³-hybridized carbons (Fsp3) is 1.00. The van der Waals surface area contributed by atoms with Crippen LogP contribution in [-0.4, -0.2) is 32.7 Å². The lowest BCUT2D eigenvalue weighted by Crippen LogP contribution is -2.28. The maximum Gasteiger partial charge on any atom is 0.158 e. The van der Waals surface area contributed by atoms with Gasteiger partial charge >= 0.3 is 0 Å². The normalized spacial score (nSPS) is 27.0. The van der Waals surface area contributed by atoms with E-state index in [1.807, 2.05) is 6.92 Å². The molecule has 1 rings (SSSR count). The Balaban J connectivity index is 2.11. The second-order valence-electron chi connectivity index (χ2n) is 3.20. The zero-order chi connectivity index (χ0) is 8.81. The highest BCUT2D eigenvalue weighted by Gasteiger charge is 2.16. The van der Waals surface area contributed by atoms with Gasteiger partial charge in [-0.1, -0.05) is 0 Å². The first-order valence-electron chi connectivity index (χ1n) is 4.59. The molecule has 1 fully saturated rings. The minimum atomic E-state index is 0.00361. The Bertz CT molecular complexity index is 110. The molecular weight excluding hydrogens is 156 g/mol. The van der Waals surface area contributed by atoms with Crippen molar-refractivity contribution in [3.63, 3.8) is 0 Å². The zero-order valence-electron chi connectivity index (χ0n) is 7.91. The van der Waals surface area contributed by atoms with Crippen LogP contribution in [0.3, 0.4) is 0 Å². The van der Waals surface area contributed by atoms with Gasteiger partial charge in [0.2, 0.25) is 0 Å². The van der Waals surface area contributed by atoms with Crippen LogP contribution < -0.4 is 0 Å². The molecule has 0 aromatic heterocycles. The average Bonchev–Trinajstić information content (AvgIpc) is 2.06. The summed E-state index contributed by atoms with van der Waals surface area (Å²) in [6.45, 7) is 3.48. The molecule has 0 N–H and O–H groups in total. The molecule has 0 saturated carbocycles. The molecule has 0 aliphatic carbocycles. The Labute approximate surface area is 74.0 Å². The summed E-state index contributed by atoms with van der Waals surface area (Å²) < 4.78 is 16.0. The van der Waals surface area contributed by atoms with Gasteiger partial charge in [-0.15, -0.1) is 0 Å². The molecular formula is C9H18O3. The van der Waals surface area contributed by atoms with Gasteiger partial charge in [0.1, 0.15) is 0 Å². The maximum absolute atomic E-state index is 5.58. The molecule has 1 aliphatic heterocycles. The molecule has 1 aliphatic rings. The summed E-state index contributed by atoms with van der Waals surface area (Å²) in [7, 11) is 1.68. The molecule has 3 heteroatoms. The van der Waals surface area contributed by atoms with E-state index in [0.717, 1.165) is 13.0 Å². The molecule has 2 unspecified atom stereocenters. The molecule has 0 bridgehead atoms. The van der Waals surface area contributed by atoms with Crippen LogP contribution in [0.1, 0.15) is 26.2 Å². The molecule has 1 heterocycles. The van der Waals surface area contributed by atoms with E-state index in [2.05, 4.69) is 0 Å². The first kappa shape index (κ1) is 9.96. The zero-order valence-corrected chi connectivity index (χ0v) is 7.91. The van der Waals surface area contributed by atoms with Gasteiger partial charge in [0.15, 0.2) is 6.29 Å². The highest BCUT2D eigenvalue weighted by molar-refractivity contribution is 4.56. The van der Waals surface area contributed by atoms with Gasteiger partial charge < -0.3 is 14.2 Å². The fourth-order valence-electron chi connectivity index (χ4n) is 1.35. The highest BCUT2D eigenvalue weighted by Crippen LogP contribution is 2.15. The van der Waals surface area contributed by atoms with Crippen molar-refractivity contribution in [1.29, 1.82) is 0 Å². The van der Waals surface area contributed by atoms with E-state index in [1.165, 1.54) is 12.8 Å². The van der Waals surface area contributed by atoms with Crippen molar-refractivity contribution in [2.75, 3.05) is 20.3 Å². The van der Waals surface area contributed by atoms with Crippen LogP contribution in [0.25, 0.3) is 0 Å². The first-order chi connectivity index (χ1) is 5.83. The van der Waals surface area contributed by atoms with Crippen LogP contribution in [0, 0.1) is 0 Å². The molecule has 0 amide bonds. The van der Waals surface area contributed by atoms with Crippen molar-refractivity contribution < 1.29 is 14.2 Å². The van der Waals surface area contributed by atoms with Gasteiger partial charge in [0, 0.05) is 13.7 Å². The van der Waals surface area contributed by atoms with E-state index < -0.39 is 0 Å². The summed E-state index contributed by atoms with van der Waals surface area (Å²) in [5.41, 5.74) is 0. The molecule has 2 atom stereocenters. The maximum atomic E-state index is 5.58. The van der Waals surface area contributed by atoms with E-state index in [-0.39, 0.29) is 12.4 Å². The van der Waals surface area contributed by atoms with E-state index in [9.17, 15) is 0 Å². The average molecular weight is 174 g/mol. The topological polar surface area (TPSA) is 27.7 Å². The fourth-order valence-corrected chi connectivity index (χ4v) is 1.35. The third-order valence-electron chi connectivity index (χ3n) is 1.92. The quantitative estimate of drug-likeness (QED) is 0.647. The number of ether oxygens (including phenoxy) is 3. The number of hydrogen-bond donors (Lipinski definition) is 0. The Kier molecular flexibility index (Phi) is 4.58. The Hall–Kier alpha value is -0.120. The van der Waals surface area contributed by atoms with Crippen molar-refractivity contribution >= 4 is 0 Å². The largest absolute Gasteiger partial charge is 0.382 e. The predicted molar refractivity (Wildman–Crippen MR) is 46.0 cm³/mol. The van der Waals surface area contributed by atoms with Gasteiger partial charge in [-0.25, -0.2) is 0 Å². The second kappa shape index (κ2) is 5.51. The number of hydrogen-bond acceptors (Lipinski definition) is 3. The van der Waals surface area contributed by atoms with Crippen molar-refractivity contribution in [3.05, 3.63) is 0 Å². The van der Waals surface area contributed by atoms with Gasteiger partial charge in [0.25, 0.3) is 0 Å². The number of methoxy groups -OCH3 is 1. The van der Waals surface area contributed by atoms with Crippen LogP contribution in [0.15, 0.2) is 0 Å². The molecule has 3 nitrogen and oxygen atoms in total. The molecule has 0 radical (unpaired) electrons. The third kappa shape index (κ3) is 3.52. The number of rotatable bonds is 4. The first-order valence-corrected chi connectivity index (χ1v) is 4.59. The summed E-state index contributed by atoms with van der Waals surface area (Å²) in [5, 5.41) is 0. The van der Waals surface area contributed by atoms with Gasteiger partial charge in [0.05, 0.1) is 12.7 Å². The second-order valence-corrected chi connectivity index (χ2v) is 3.20. The lowest BCUT2D eigenvalue weighted by molar-refractivity contribution is -0.192. The molecule has 0 aromatic carbocycles.